The fourth-order valence-electron chi connectivity index (χ4n) is 2.46. The summed E-state index contributed by atoms with van der Waals surface area (Å²) in [5.41, 5.74) is 1.60. The van der Waals surface area contributed by atoms with Crippen LogP contribution in [0, 0.1) is 6.92 Å². The minimum atomic E-state index is -0.449. The average molecular weight is 340 g/mol. The molecule has 1 saturated heterocycles. The van der Waals surface area contributed by atoms with Crippen molar-refractivity contribution in [3.8, 4) is 0 Å². The number of nitrogens with zero attached hydrogens (tertiary/aromatic N) is 1. The predicted octanol–water partition coefficient (Wildman–Crippen LogP) is 2.93. The first-order valence-corrected chi connectivity index (χ1v) is 7.58. The lowest BCUT2D eigenvalue weighted by molar-refractivity contribution is -0.147. The minimum absolute atomic E-state index is 0.115. The Morgan fingerprint density at radius 2 is 2.20 bits per heavy atom. The molecule has 1 atom stereocenters. The zero-order valence-corrected chi connectivity index (χ0v) is 13.3. The van der Waals surface area contributed by atoms with Crippen LogP contribution in [0.4, 0.5) is 0 Å². The van der Waals surface area contributed by atoms with Crippen molar-refractivity contribution in [3.05, 3.63) is 33.8 Å². The largest absolute Gasteiger partial charge is 0.464 e. The topological polar surface area (TPSA) is 46.6 Å². The van der Waals surface area contributed by atoms with Crippen molar-refractivity contribution in [2.75, 3.05) is 13.2 Å². The molecule has 1 amide bonds. The lowest BCUT2D eigenvalue weighted by Gasteiger charge is -2.23. The Balaban J connectivity index is 2.23. The zero-order valence-electron chi connectivity index (χ0n) is 11.7. The van der Waals surface area contributed by atoms with Gasteiger partial charge in [0, 0.05) is 11.0 Å². The number of ether oxygens (including phenoxy) is 1. The first-order chi connectivity index (χ1) is 9.56. The number of carbonyl (C=O) groups is 2. The third kappa shape index (κ3) is 2.87. The molecular weight excluding hydrogens is 322 g/mol. The number of amides is 1. The Kier molecular flexibility index (Phi) is 4.81. The van der Waals surface area contributed by atoms with E-state index in [0.717, 1.165) is 16.5 Å². The molecule has 1 aliphatic heterocycles. The van der Waals surface area contributed by atoms with Crippen LogP contribution < -0.4 is 0 Å². The van der Waals surface area contributed by atoms with Crippen LogP contribution in [-0.2, 0) is 9.53 Å². The van der Waals surface area contributed by atoms with E-state index in [9.17, 15) is 9.59 Å². The molecular formula is C15H18BrNO3. The van der Waals surface area contributed by atoms with Gasteiger partial charge in [0.15, 0.2) is 0 Å². The number of hydrogen-bond donors (Lipinski definition) is 0. The maximum Gasteiger partial charge on any atom is 0.328 e. The van der Waals surface area contributed by atoms with Crippen molar-refractivity contribution >= 4 is 27.8 Å². The standard InChI is InChI=1S/C15H18BrNO3/c1-3-20-15(19)12-8-5-9-17(12)14(18)11-7-4-6-10(2)13(11)16/h4,6-7,12H,3,5,8-9H2,1-2H3. The van der Waals surface area contributed by atoms with Gasteiger partial charge < -0.3 is 9.64 Å². The van der Waals surface area contributed by atoms with Crippen molar-refractivity contribution < 1.29 is 14.3 Å². The molecule has 0 N–H and O–H groups in total. The summed E-state index contributed by atoms with van der Waals surface area (Å²) in [5, 5.41) is 0. The lowest BCUT2D eigenvalue weighted by Crippen LogP contribution is -2.41. The Bertz CT molecular complexity index is 530. The normalized spacial score (nSPS) is 18.1. The molecule has 0 saturated carbocycles. The number of aryl methyl sites for hydroxylation is 1. The highest BCUT2D eigenvalue weighted by molar-refractivity contribution is 9.10. The van der Waals surface area contributed by atoms with E-state index in [2.05, 4.69) is 15.9 Å². The van der Waals surface area contributed by atoms with Gasteiger partial charge in [0.2, 0.25) is 0 Å². The molecule has 1 aliphatic rings. The molecule has 5 heteroatoms. The summed E-state index contributed by atoms with van der Waals surface area (Å²) in [7, 11) is 0. The second-order valence-corrected chi connectivity index (χ2v) is 5.64. The highest BCUT2D eigenvalue weighted by Crippen LogP contribution is 2.26. The van der Waals surface area contributed by atoms with Crippen LogP contribution in [0.1, 0.15) is 35.7 Å². The number of carbonyl (C=O) groups excluding carboxylic acids is 2. The summed E-state index contributed by atoms with van der Waals surface area (Å²) in [6.45, 7) is 4.65. The molecule has 4 nitrogen and oxygen atoms in total. The fourth-order valence-corrected chi connectivity index (χ4v) is 2.89. The van der Waals surface area contributed by atoms with Crippen molar-refractivity contribution in [1.82, 2.24) is 4.90 Å². The van der Waals surface area contributed by atoms with E-state index in [1.165, 1.54) is 0 Å². The van der Waals surface area contributed by atoms with Crippen molar-refractivity contribution in [2.24, 2.45) is 0 Å². The molecule has 0 radical (unpaired) electrons. The van der Waals surface area contributed by atoms with E-state index in [4.69, 9.17) is 4.74 Å². The smallest absolute Gasteiger partial charge is 0.328 e. The van der Waals surface area contributed by atoms with Gasteiger partial charge in [-0.15, -0.1) is 0 Å². The van der Waals surface area contributed by atoms with Gasteiger partial charge in [-0.2, -0.15) is 0 Å². The maximum atomic E-state index is 12.6. The summed E-state index contributed by atoms with van der Waals surface area (Å²) < 4.78 is 5.84. The molecule has 0 spiro atoms. The van der Waals surface area contributed by atoms with Gasteiger partial charge in [-0.05, 0) is 54.2 Å². The highest BCUT2D eigenvalue weighted by atomic mass is 79.9. The monoisotopic (exact) mass is 339 g/mol. The Labute approximate surface area is 127 Å². The number of halogens is 1. The Morgan fingerprint density at radius 1 is 1.45 bits per heavy atom. The number of esters is 1. The predicted molar refractivity (Wildman–Crippen MR) is 79.6 cm³/mol. The van der Waals surface area contributed by atoms with Gasteiger partial charge in [0.05, 0.1) is 12.2 Å². The van der Waals surface area contributed by atoms with E-state index in [-0.39, 0.29) is 11.9 Å². The number of hydrogen-bond acceptors (Lipinski definition) is 3. The van der Waals surface area contributed by atoms with Crippen molar-refractivity contribution in [3.63, 3.8) is 0 Å². The molecule has 1 fully saturated rings. The second-order valence-electron chi connectivity index (χ2n) is 4.85. The van der Waals surface area contributed by atoms with E-state index in [0.29, 0.717) is 25.1 Å². The summed E-state index contributed by atoms with van der Waals surface area (Å²) in [5.74, 6) is -0.418. The van der Waals surface area contributed by atoms with E-state index in [1.54, 1.807) is 17.9 Å². The van der Waals surface area contributed by atoms with Crippen LogP contribution >= 0.6 is 15.9 Å². The molecule has 0 bridgehead atoms. The highest BCUT2D eigenvalue weighted by Gasteiger charge is 2.36. The third-order valence-corrected chi connectivity index (χ3v) is 4.55. The molecule has 1 aromatic carbocycles. The van der Waals surface area contributed by atoms with Gasteiger partial charge in [0.1, 0.15) is 6.04 Å². The van der Waals surface area contributed by atoms with Crippen LogP contribution in [0.2, 0.25) is 0 Å². The van der Waals surface area contributed by atoms with Crippen LogP contribution in [0.5, 0.6) is 0 Å². The number of rotatable bonds is 3. The Morgan fingerprint density at radius 3 is 2.90 bits per heavy atom. The minimum Gasteiger partial charge on any atom is -0.464 e. The first-order valence-electron chi connectivity index (χ1n) is 6.79. The van der Waals surface area contributed by atoms with Gasteiger partial charge in [-0.1, -0.05) is 12.1 Å². The third-order valence-electron chi connectivity index (χ3n) is 3.49. The molecule has 20 heavy (non-hydrogen) atoms. The number of benzene rings is 1. The fraction of sp³-hybridized carbons (Fsp3) is 0.467. The van der Waals surface area contributed by atoms with E-state index in [1.807, 2.05) is 19.1 Å². The SMILES string of the molecule is CCOC(=O)C1CCCN1C(=O)c1cccc(C)c1Br. The average Bonchev–Trinajstić information content (AvgIpc) is 2.91. The Hall–Kier alpha value is -1.36. The molecule has 2 rings (SSSR count). The van der Waals surface area contributed by atoms with Gasteiger partial charge in [-0.3, -0.25) is 4.79 Å². The molecule has 108 valence electrons. The van der Waals surface area contributed by atoms with Gasteiger partial charge in [-0.25, -0.2) is 4.79 Å². The second kappa shape index (κ2) is 6.39. The summed E-state index contributed by atoms with van der Waals surface area (Å²) in [4.78, 5) is 26.2. The lowest BCUT2D eigenvalue weighted by atomic mass is 10.1. The quantitative estimate of drug-likeness (QED) is 0.795. The molecule has 0 aliphatic carbocycles. The molecule has 0 aromatic heterocycles. The van der Waals surface area contributed by atoms with E-state index >= 15 is 0 Å². The zero-order chi connectivity index (χ0) is 14.7. The van der Waals surface area contributed by atoms with Crippen LogP contribution in [0.3, 0.4) is 0 Å². The summed E-state index contributed by atoms with van der Waals surface area (Å²) >= 11 is 3.45. The van der Waals surface area contributed by atoms with Crippen LogP contribution in [-0.4, -0.2) is 36.0 Å². The summed E-state index contributed by atoms with van der Waals surface area (Å²) in [6.07, 6.45) is 1.51. The van der Waals surface area contributed by atoms with Crippen LogP contribution in [0.15, 0.2) is 22.7 Å². The molecule has 1 heterocycles. The summed E-state index contributed by atoms with van der Waals surface area (Å²) in [6, 6.07) is 5.12. The first kappa shape index (κ1) is 15.0. The van der Waals surface area contributed by atoms with E-state index < -0.39 is 6.04 Å². The van der Waals surface area contributed by atoms with Gasteiger partial charge in [0.25, 0.3) is 5.91 Å². The van der Waals surface area contributed by atoms with Crippen molar-refractivity contribution in [2.45, 2.75) is 32.7 Å². The van der Waals surface area contributed by atoms with Gasteiger partial charge >= 0.3 is 5.97 Å². The maximum absolute atomic E-state index is 12.6. The number of likely N-dealkylation sites (tertiary alicyclic amines) is 1. The molecule has 1 unspecified atom stereocenters. The van der Waals surface area contributed by atoms with Crippen molar-refractivity contribution in [1.29, 1.82) is 0 Å². The molecule has 1 aromatic rings. The van der Waals surface area contributed by atoms with Crippen LogP contribution in [0.25, 0.3) is 0 Å².